The van der Waals surface area contributed by atoms with Crippen molar-refractivity contribution in [1.82, 2.24) is 0 Å². The number of hydrogen-bond donors (Lipinski definition) is 1. The average molecular weight is 454 g/mol. The fourth-order valence-electron chi connectivity index (χ4n) is 4.60. The Kier molecular flexibility index (Phi) is 5.36. The first-order chi connectivity index (χ1) is 16.4. The second-order valence-corrected chi connectivity index (χ2v) is 8.87. The van der Waals surface area contributed by atoms with Crippen LogP contribution in [0.4, 0.5) is 17.1 Å². The smallest absolute Gasteiger partial charge is 0.193 e. The summed E-state index contributed by atoms with van der Waals surface area (Å²) in [4.78, 5) is 20.9. The summed E-state index contributed by atoms with van der Waals surface area (Å²) in [5, 5.41) is 3.53. The van der Waals surface area contributed by atoms with Crippen LogP contribution in [0.1, 0.15) is 19.4 Å². The number of carbonyl (C=O) groups excluding carboxylic acids is 1. The molecule has 0 aliphatic carbocycles. The molecule has 0 saturated heterocycles. The molecule has 172 valence electrons. The van der Waals surface area contributed by atoms with E-state index in [1.807, 2.05) is 85.5 Å². The standard InChI is InChI=1S/C28H27N3O3/c1-28(2)26(32)25(24-14-18-10-8-9-13-23(18)30-24)27(29-19-11-6-5-7-12-19)31(28)20-15-21(33-3)17-22(16-20)34-4/h5-13,15-17,29H,14H2,1-4H3. The minimum Gasteiger partial charge on any atom is -0.497 e. The lowest BCUT2D eigenvalue weighted by molar-refractivity contribution is -0.118. The van der Waals surface area contributed by atoms with Crippen LogP contribution < -0.4 is 19.7 Å². The Morgan fingerprint density at radius 1 is 0.912 bits per heavy atom. The van der Waals surface area contributed by atoms with E-state index in [4.69, 9.17) is 14.5 Å². The van der Waals surface area contributed by atoms with Crippen molar-refractivity contribution in [3.05, 3.63) is 89.8 Å². The van der Waals surface area contributed by atoms with Gasteiger partial charge in [0.1, 0.15) is 22.9 Å². The van der Waals surface area contributed by atoms with Crippen LogP contribution in [0, 0.1) is 0 Å². The van der Waals surface area contributed by atoms with E-state index in [2.05, 4.69) is 11.4 Å². The first kappa shape index (κ1) is 21.8. The largest absolute Gasteiger partial charge is 0.497 e. The number of para-hydroxylation sites is 2. The Morgan fingerprint density at radius 2 is 1.56 bits per heavy atom. The van der Waals surface area contributed by atoms with Gasteiger partial charge in [0.25, 0.3) is 0 Å². The number of anilines is 2. The van der Waals surface area contributed by atoms with Crippen LogP contribution in [-0.2, 0) is 11.2 Å². The van der Waals surface area contributed by atoms with Gasteiger partial charge in [0, 0.05) is 30.3 Å². The van der Waals surface area contributed by atoms with Crippen LogP contribution in [0.2, 0.25) is 0 Å². The van der Waals surface area contributed by atoms with Gasteiger partial charge >= 0.3 is 0 Å². The van der Waals surface area contributed by atoms with Crippen LogP contribution in [-0.4, -0.2) is 31.3 Å². The molecule has 5 rings (SSSR count). The highest BCUT2D eigenvalue weighted by Crippen LogP contribution is 2.43. The summed E-state index contributed by atoms with van der Waals surface area (Å²) < 4.78 is 11.0. The molecule has 34 heavy (non-hydrogen) atoms. The van der Waals surface area contributed by atoms with Gasteiger partial charge in [0.05, 0.1) is 36.9 Å². The molecule has 6 nitrogen and oxygen atoms in total. The molecule has 0 spiro atoms. The van der Waals surface area contributed by atoms with Crippen LogP contribution in [0.15, 0.2) is 89.2 Å². The zero-order chi connectivity index (χ0) is 23.9. The van der Waals surface area contributed by atoms with E-state index in [9.17, 15) is 4.79 Å². The summed E-state index contributed by atoms with van der Waals surface area (Å²) in [6.45, 7) is 3.87. The summed E-state index contributed by atoms with van der Waals surface area (Å²) >= 11 is 0. The third-order valence-corrected chi connectivity index (χ3v) is 6.33. The summed E-state index contributed by atoms with van der Waals surface area (Å²) in [5.74, 6) is 2.01. The monoisotopic (exact) mass is 453 g/mol. The lowest BCUT2D eigenvalue weighted by Crippen LogP contribution is -2.45. The van der Waals surface area contributed by atoms with Crippen LogP contribution in [0.3, 0.4) is 0 Å². The Balaban J connectivity index is 1.70. The van der Waals surface area contributed by atoms with Crippen molar-refractivity contribution < 1.29 is 14.3 Å². The Bertz CT molecular complexity index is 1300. The fraction of sp³-hybridized carbons (Fsp3) is 0.214. The van der Waals surface area contributed by atoms with Crippen molar-refractivity contribution in [2.75, 3.05) is 24.4 Å². The molecule has 3 aromatic rings. The molecule has 0 unspecified atom stereocenters. The molecule has 0 fully saturated rings. The highest BCUT2D eigenvalue weighted by molar-refractivity contribution is 6.31. The lowest BCUT2D eigenvalue weighted by atomic mass is 9.92. The normalized spacial score (nSPS) is 16.4. The zero-order valence-electron chi connectivity index (χ0n) is 19.8. The number of carbonyl (C=O) groups is 1. The van der Waals surface area contributed by atoms with Crippen LogP contribution in [0.25, 0.3) is 0 Å². The molecular formula is C28H27N3O3. The van der Waals surface area contributed by atoms with Gasteiger partial charge in [-0.25, -0.2) is 0 Å². The molecule has 0 bridgehead atoms. The maximum absolute atomic E-state index is 14.0. The molecule has 0 aromatic heterocycles. The first-order valence-corrected chi connectivity index (χ1v) is 11.2. The van der Waals surface area contributed by atoms with Crippen molar-refractivity contribution in [1.29, 1.82) is 0 Å². The predicted octanol–water partition coefficient (Wildman–Crippen LogP) is 5.52. The van der Waals surface area contributed by atoms with Gasteiger partial charge in [-0.2, -0.15) is 0 Å². The lowest BCUT2D eigenvalue weighted by Gasteiger charge is -2.35. The Hall–Kier alpha value is -4.06. The number of ketones is 1. The molecule has 0 atom stereocenters. The van der Waals surface area contributed by atoms with Gasteiger partial charge in [-0.3, -0.25) is 9.79 Å². The number of hydrogen-bond acceptors (Lipinski definition) is 6. The van der Waals surface area contributed by atoms with E-state index in [1.165, 1.54) is 0 Å². The van der Waals surface area contributed by atoms with Gasteiger partial charge in [0.2, 0.25) is 0 Å². The Labute approximate surface area is 199 Å². The van der Waals surface area contributed by atoms with E-state index in [0.717, 1.165) is 28.3 Å². The molecule has 0 amide bonds. The molecule has 2 aliphatic rings. The summed E-state index contributed by atoms with van der Waals surface area (Å²) in [6, 6.07) is 23.5. The SMILES string of the molecule is COc1cc(OC)cc(N2C(Nc3ccccc3)=C(C3=Nc4ccccc4C3)C(=O)C2(C)C)c1. The van der Waals surface area contributed by atoms with E-state index in [1.54, 1.807) is 14.2 Å². The second-order valence-electron chi connectivity index (χ2n) is 8.87. The molecule has 2 heterocycles. The van der Waals surface area contributed by atoms with Crippen molar-refractivity contribution in [2.45, 2.75) is 25.8 Å². The molecule has 6 heteroatoms. The highest BCUT2D eigenvalue weighted by atomic mass is 16.5. The summed E-state index contributed by atoms with van der Waals surface area (Å²) in [5.41, 5.74) is 4.23. The molecular weight excluding hydrogens is 426 g/mol. The minimum absolute atomic E-state index is 0.0132. The first-order valence-electron chi connectivity index (χ1n) is 11.2. The van der Waals surface area contributed by atoms with Gasteiger partial charge < -0.3 is 19.7 Å². The molecule has 2 aliphatic heterocycles. The van der Waals surface area contributed by atoms with Crippen LogP contribution in [0.5, 0.6) is 11.5 Å². The predicted molar refractivity (Wildman–Crippen MR) is 135 cm³/mol. The third kappa shape index (κ3) is 3.61. The number of Topliss-reactive ketones (excluding diaryl/α,β-unsaturated/α-hetero) is 1. The maximum Gasteiger partial charge on any atom is 0.193 e. The maximum atomic E-state index is 14.0. The average Bonchev–Trinajstić information content (AvgIpc) is 3.35. The number of rotatable bonds is 6. The number of benzene rings is 3. The molecule has 3 aromatic carbocycles. The highest BCUT2D eigenvalue weighted by Gasteiger charge is 2.49. The third-order valence-electron chi connectivity index (χ3n) is 6.33. The van der Waals surface area contributed by atoms with E-state index < -0.39 is 5.54 Å². The fourth-order valence-corrected chi connectivity index (χ4v) is 4.60. The Morgan fingerprint density at radius 3 is 2.21 bits per heavy atom. The molecule has 0 saturated carbocycles. The van der Waals surface area contributed by atoms with Gasteiger partial charge in [0.15, 0.2) is 5.78 Å². The number of ether oxygens (including phenoxy) is 2. The van der Waals surface area contributed by atoms with Gasteiger partial charge in [-0.15, -0.1) is 0 Å². The topological polar surface area (TPSA) is 63.2 Å². The van der Waals surface area contributed by atoms with Crippen LogP contribution >= 0.6 is 0 Å². The second kappa shape index (κ2) is 8.37. The number of methoxy groups -OCH3 is 2. The quantitative estimate of drug-likeness (QED) is 0.532. The molecule has 1 N–H and O–H groups in total. The summed E-state index contributed by atoms with van der Waals surface area (Å²) in [6.07, 6.45) is 0.614. The van der Waals surface area contributed by atoms with E-state index in [-0.39, 0.29) is 5.78 Å². The molecule has 0 radical (unpaired) electrons. The number of aliphatic imine (C=N–C) groups is 1. The van der Waals surface area contributed by atoms with Crippen molar-refractivity contribution in [3.63, 3.8) is 0 Å². The zero-order valence-corrected chi connectivity index (χ0v) is 19.8. The van der Waals surface area contributed by atoms with E-state index >= 15 is 0 Å². The number of nitrogens with one attached hydrogen (secondary N) is 1. The van der Waals surface area contributed by atoms with E-state index in [0.29, 0.717) is 29.3 Å². The van der Waals surface area contributed by atoms with Crippen molar-refractivity contribution in [3.8, 4) is 11.5 Å². The number of fused-ring (bicyclic) bond motifs is 1. The van der Waals surface area contributed by atoms with Crippen molar-refractivity contribution >= 4 is 28.6 Å². The summed E-state index contributed by atoms with van der Waals surface area (Å²) in [7, 11) is 3.24. The van der Waals surface area contributed by atoms with Gasteiger partial charge in [-0.05, 0) is 37.6 Å². The minimum atomic E-state index is -0.860. The van der Waals surface area contributed by atoms with Crippen molar-refractivity contribution in [2.24, 2.45) is 4.99 Å². The number of nitrogens with zero attached hydrogens (tertiary/aromatic N) is 2. The van der Waals surface area contributed by atoms with Gasteiger partial charge in [-0.1, -0.05) is 36.4 Å².